The van der Waals surface area contributed by atoms with Crippen LogP contribution >= 0.6 is 0 Å². The second-order valence-corrected chi connectivity index (χ2v) is 6.44. The van der Waals surface area contributed by atoms with Gasteiger partial charge in [0.05, 0.1) is 6.61 Å². The number of nitrogens with one attached hydrogen (secondary N) is 1. The lowest BCUT2D eigenvalue weighted by atomic mass is 10.0. The van der Waals surface area contributed by atoms with Gasteiger partial charge in [-0.2, -0.15) is 0 Å². The lowest BCUT2D eigenvalue weighted by molar-refractivity contribution is 0.141. The highest BCUT2D eigenvalue weighted by atomic mass is 16.5. The Morgan fingerprint density at radius 2 is 2.17 bits per heavy atom. The Morgan fingerprint density at radius 1 is 1.29 bits per heavy atom. The molecule has 1 aliphatic rings. The van der Waals surface area contributed by atoms with Crippen LogP contribution in [0.1, 0.15) is 18.4 Å². The Labute approximate surface area is 141 Å². The van der Waals surface area contributed by atoms with E-state index in [-0.39, 0.29) is 0 Å². The van der Waals surface area contributed by atoms with Crippen molar-refractivity contribution in [3.63, 3.8) is 0 Å². The molecule has 0 amide bonds. The smallest absolute Gasteiger partial charge is 0.123 e. The number of nitrogens with zero attached hydrogens (tertiary/aromatic N) is 4. The van der Waals surface area contributed by atoms with Crippen LogP contribution in [0.5, 0.6) is 0 Å². The fraction of sp³-hybridized carbons (Fsp3) is 0.444. The first kappa shape index (κ1) is 15.4. The van der Waals surface area contributed by atoms with Crippen molar-refractivity contribution in [3.05, 3.63) is 42.6 Å². The van der Waals surface area contributed by atoms with E-state index in [0.717, 1.165) is 25.3 Å². The number of rotatable bonds is 6. The first-order chi connectivity index (χ1) is 11.8. The summed E-state index contributed by atoms with van der Waals surface area (Å²) in [6, 6.07) is 7.05. The molecule has 1 aromatic carbocycles. The summed E-state index contributed by atoms with van der Waals surface area (Å²) in [5.41, 5.74) is 3.66. The number of likely N-dealkylation sites (tertiary alicyclic amines) is 1. The standard InChI is InChI=1S/C18H23N5O/c1-24-8-7-22-6-2-3-15(22)9-14-11-19-18-5-4-16(10-17(14)18)23-12-20-21-13-23/h4-5,10-13,15,19H,2-3,6-9H2,1H3. The number of fused-ring (bicyclic) bond motifs is 1. The van der Waals surface area contributed by atoms with E-state index >= 15 is 0 Å². The van der Waals surface area contributed by atoms with Crippen LogP contribution in [0.25, 0.3) is 16.6 Å². The molecule has 0 spiro atoms. The summed E-state index contributed by atoms with van der Waals surface area (Å²) in [7, 11) is 1.78. The van der Waals surface area contributed by atoms with Crippen molar-refractivity contribution in [1.82, 2.24) is 24.6 Å². The van der Waals surface area contributed by atoms with Gasteiger partial charge in [-0.3, -0.25) is 9.47 Å². The number of ether oxygens (including phenoxy) is 1. The Balaban J connectivity index is 1.59. The molecule has 1 N–H and O–H groups in total. The minimum absolute atomic E-state index is 0.609. The van der Waals surface area contributed by atoms with E-state index in [0.29, 0.717) is 6.04 Å². The number of hydrogen-bond donors (Lipinski definition) is 1. The van der Waals surface area contributed by atoms with E-state index in [4.69, 9.17) is 4.74 Å². The summed E-state index contributed by atoms with van der Waals surface area (Å²) in [6.07, 6.45) is 9.25. The van der Waals surface area contributed by atoms with E-state index in [1.54, 1.807) is 19.8 Å². The van der Waals surface area contributed by atoms with E-state index < -0.39 is 0 Å². The normalized spacial score (nSPS) is 18.6. The molecule has 6 heteroatoms. The maximum Gasteiger partial charge on any atom is 0.123 e. The number of H-pyrrole nitrogens is 1. The molecule has 1 unspecified atom stereocenters. The van der Waals surface area contributed by atoms with Crippen LogP contribution in [-0.4, -0.2) is 57.5 Å². The zero-order chi connectivity index (χ0) is 16.4. The van der Waals surface area contributed by atoms with Gasteiger partial charge in [0, 0.05) is 42.5 Å². The molecule has 126 valence electrons. The van der Waals surface area contributed by atoms with Gasteiger partial charge in [0.25, 0.3) is 0 Å². The summed E-state index contributed by atoms with van der Waals surface area (Å²) in [6.45, 7) is 3.01. The summed E-state index contributed by atoms with van der Waals surface area (Å²) in [5.74, 6) is 0. The second kappa shape index (κ2) is 6.75. The Kier molecular flexibility index (Phi) is 4.32. The van der Waals surface area contributed by atoms with E-state index in [2.05, 4.69) is 44.5 Å². The van der Waals surface area contributed by atoms with Crippen LogP contribution in [-0.2, 0) is 11.2 Å². The van der Waals surface area contributed by atoms with E-state index in [1.165, 1.54) is 35.9 Å². The van der Waals surface area contributed by atoms with Gasteiger partial charge in [-0.25, -0.2) is 0 Å². The lowest BCUT2D eigenvalue weighted by Crippen LogP contribution is -2.33. The third-order valence-corrected chi connectivity index (χ3v) is 5.01. The van der Waals surface area contributed by atoms with Crippen LogP contribution in [0.4, 0.5) is 0 Å². The highest BCUT2D eigenvalue weighted by molar-refractivity contribution is 5.85. The third kappa shape index (κ3) is 2.95. The molecule has 1 atom stereocenters. The minimum Gasteiger partial charge on any atom is -0.383 e. The molecule has 4 rings (SSSR count). The quantitative estimate of drug-likeness (QED) is 0.756. The summed E-state index contributed by atoms with van der Waals surface area (Å²) >= 11 is 0. The first-order valence-corrected chi connectivity index (χ1v) is 8.53. The Hall–Kier alpha value is -2.18. The van der Waals surface area contributed by atoms with Gasteiger partial charge in [-0.05, 0) is 49.6 Å². The van der Waals surface area contributed by atoms with Crippen molar-refractivity contribution in [2.24, 2.45) is 0 Å². The number of benzene rings is 1. The van der Waals surface area contributed by atoms with Crippen molar-refractivity contribution < 1.29 is 4.74 Å². The molecular weight excluding hydrogens is 302 g/mol. The Morgan fingerprint density at radius 3 is 3.00 bits per heavy atom. The van der Waals surface area contributed by atoms with Gasteiger partial charge < -0.3 is 9.72 Å². The van der Waals surface area contributed by atoms with Crippen LogP contribution < -0.4 is 0 Å². The maximum atomic E-state index is 5.25. The molecule has 0 radical (unpaired) electrons. The van der Waals surface area contributed by atoms with E-state index in [1.807, 2.05) is 4.57 Å². The molecule has 3 aromatic rings. The number of methoxy groups -OCH3 is 1. The molecule has 6 nitrogen and oxygen atoms in total. The molecule has 3 heterocycles. The number of aromatic nitrogens is 4. The lowest BCUT2D eigenvalue weighted by Gasteiger charge is -2.23. The molecule has 0 aliphatic carbocycles. The van der Waals surface area contributed by atoms with Gasteiger partial charge in [-0.15, -0.1) is 10.2 Å². The van der Waals surface area contributed by atoms with Gasteiger partial charge in [0.1, 0.15) is 12.7 Å². The summed E-state index contributed by atoms with van der Waals surface area (Å²) in [4.78, 5) is 5.97. The highest BCUT2D eigenvalue weighted by Crippen LogP contribution is 2.27. The van der Waals surface area contributed by atoms with Crippen LogP contribution in [0.15, 0.2) is 37.1 Å². The van der Waals surface area contributed by atoms with Crippen molar-refractivity contribution >= 4 is 10.9 Å². The van der Waals surface area contributed by atoms with Crippen molar-refractivity contribution in [2.45, 2.75) is 25.3 Å². The van der Waals surface area contributed by atoms with Crippen molar-refractivity contribution in [3.8, 4) is 5.69 Å². The Bertz CT molecular complexity index is 795. The minimum atomic E-state index is 0.609. The molecular formula is C18H23N5O. The first-order valence-electron chi connectivity index (χ1n) is 8.53. The van der Waals surface area contributed by atoms with Crippen LogP contribution in [0.2, 0.25) is 0 Å². The van der Waals surface area contributed by atoms with Gasteiger partial charge in [-0.1, -0.05) is 0 Å². The zero-order valence-corrected chi connectivity index (χ0v) is 14.0. The van der Waals surface area contributed by atoms with E-state index in [9.17, 15) is 0 Å². The zero-order valence-electron chi connectivity index (χ0n) is 14.0. The number of hydrogen-bond acceptors (Lipinski definition) is 4. The largest absolute Gasteiger partial charge is 0.383 e. The molecule has 2 aromatic heterocycles. The summed E-state index contributed by atoms with van der Waals surface area (Å²) in [5, 5.41) is 9.09. The molecule has 1 fully saturated rings. The second-order valence-electron chi connectivity index (χ2n) is 6.44. The average molecular weight is 325 g/mol. The topological polar surface area (TPSA) is 59.0 Å². The fourth-order valence-electron chi connectivity index (χ4n) is 3.71. The molecule has 1 aliphatic heterocycles. The molecule has 1 saturated heterocycles. The maximum absolute atomic E-state index is 5.25. The molecule has 0 saturated carbocycles. The van der Waals surface area contributed by atoms with Crippen molar-refractivity contribution in [2.75, 3.05) is 26.8 Å². The van der Waals surface area contributed by atoms with Gasteiger partial charge in [0.15, 0.2) is 0 Å². The van der Waals surface area contributed by atoms with Gasteiger partial charge in [0.2, 0.25) is 0 Å². The SMILES string of the molecule is COCCN1CCCC1Cc1c[nH]c2ccc(-n3cnnc3)cc12. The van der Waals surface area contributed by atoms with Crippen molar-refractivity contribution in [1.29, 1.82) is 0 Å². The molecule has 24 heavy (non-hydrogen) atoms. The predicted octanol–water partition coefficient (Wildman–Crippen LogP) is 2.40. The molecule has 0 bridgehead atoms. The highest BCUT2D eigenvalue weighted by Gasteiger charge is 2.25. The monoisotopic (exact) mass is 325 g/mol. The van der Waals surface area contributed by atoms with Crippen LogP contribution in [0, 0.1) is 0 Å². The van der Waals surface area contributed by atoms with Crippen LogP contribution in [0.3, 0.4) is 0 Å². The summed E-state index contributed by atoms with van der Waals surface area (Å²) < 4.78 is 7.19. The predicted molar refractivity (Wildman–Crippen MR) is 93.4 cm³/mol. The fourth-order valence-corrected chi connectivity index (χ4v) is 3.71. The number of aromatic amines is 1. The van der Waals surface area contributed by atoms with Gasteiger partial charge >= 0.3 is 0 Å². The third-order valence-electron chi connectivity index (χ3n) is 5.01. The average Bonchev–Trinajstić information content (AvgIpc) is 3.35.